The lowest BCUT2D eigenvalue weighted by Gasteiger charge is -2.41. The first-order valence-electron chi connectivity index (χ1n) is 12.7. The number of nitrogens with two attached hydrogens (primary N) is 1. The first kappa shape index (κ1) is 21.7. The van der Waals surface area contributed by atoms with Crippen molar-refractivity contribution in [3.05, 3.63) is 18.6 Å². The van der Waals surface area contributed by atoms with Gasteiger partial charge in [-0.2, -0.15) is 0 Å². The van der Waals surface area contributed by atoms with Gasteiger partial charge in [-0.05, 0) is 75.9 Å². The van der Waals surface area contributed by atoms with Crippen LogP contribution in [0, 0.1) is 11.8 Å². The number of rotatable bonds is 8. The molecule has 3 fully saturated rings. The number of piperidine rings is 1. The zero-order valence-corrected chi connectivity index (χ0v) is 19.3. The van der Waals surface area contributed by atoms with Crippen LogP contribution in [0.3, 0.4) is 0 Å². The van der Waals surface area contributed by atoms with Crippen molar-refractivity contribution in [2.24, 2.45) is 17.6 Å². The van der Waals surface area contributed by atoms with Crippen molar-refractivity contribution in [2.75, 3.05) is 31.1 Å². The van der Waals surface area contributed by atoms with Gasteiger partial charge in [-0.3, -0.25) is 9.69 Å². The number of hydrogen-bond acceptors (Lipinski definition) is 5. The second-order valence-electron chi connectivity index (χ2n) is 10.3. The second-order valence-corrected chi connectivity index (χ2v) is 10.3. The van der Waals surface area contributed by atoms with E-state index in [1.165, 1.54) is 56.8 Å². The lowest BCUT2D eigenvalue weighted by Crippen LogP contribution is -2.44. The van der Waals surface area contributed by atoms with Crippen molar-refractivity contribution in [1.29, 1.82) is 0 Å². The minimum atomic E-state index is -0.228. The highest BCUT2D eigenvalue weighted by Gasteiger charge is 2.30. The summed E-state index contributed by atoms with van der Waals surface area (Å²) >= 11 is 0. The summed E-state index contributed by atoms with van der Waals surface area (Å²) in [5.74, 6) is 2.34. The molecule has 0 bridgehead atoms. The largest absolute Gasteiger partial charge is 0.369 e. The Morgan fingerprint density at radius 1 is 1.00 bits per heavy atom. The molecule has 0 unspecified atom stereocenters. The normalized spacial score (nSPS) is 21.6. The Morgan fingerprint density at radius 2 is 1.78 bits per heavy atom. The maximum Gasteiger partial charge on any atom is 0.231 e. The Bertz CT molecular complexity index is 908. The first-order chi connectivity index (χ1) is 15.7. The number of carbonyl (C=O) groups is 1. The van der Waals surface area contributed by atoms with Gasteiger partial charge in [-0.1, -0.05) is 19.3 Å². The van der Waals surface area contributed by atoms with Crippen LogP contribution in [0.4, 0.5) is 5.82 Å². The molecule has 32 heavy (non-hydrogen) atoms. The smallest absolute Gasteiger partial charge is 0.231 e. The summed E-state index contributed by atoms with van der Waals surface area (Å²) in [7, 11) is 0. The molecule has 5 rings (SSSR count). The molecule has 3 aliphatic rings. The van der Waals surface area contributed by atoms with Crippen LogP contribution in [-0.2, 0) is 11.3 Å². The number of fused-ring (bicyclic) bond motifs is 1. The highest BCUT2D eigenvalue weighted by Crippen LogP contribution is 2.35. The third-order valence-corrected chi connectivity index (χ3v) is 8.04. The van der Waals surface area contributed by atoms with E-state index in [-0.39, 0.29) is 5.91 Å². The van der Waals surface area contributed by atoms with E-state index in [2.05, 4.69) is 26.6 Å². The number of amides is 1. The topological polar surface area (TPSA) is 80.3 Å². The molecule has 1 saturated heterocycles. The second kappa shape index (κ2) is 9.77. The molecule has 2 aromatic heterocycles. The molecule has 2 aromatic rings. The molecule has 2 aliphatic carbocycles. The van der Waals surface area contributed by atoms with Gasteiger partial charge in [0.05, 0.1) is 11.9 Å². The number of likely N-dealkylation sites (tertiary alicyclic amines) is 1. The molecule has 1 aliphatic heterocycles. The van der Waals surface area contributed by atoms with E-state index in [4.69, 9.17) is 15.7 Å². The lowest BCUT2D eigenvalue weighted by atomic mass is 9.86. The van der Waals surface area contributed by atoms with Crippen molar-refractivity contribution in [3.8, 4) is 0 Å². The van der Waals surface area contributed by atoms with Crippen LogP contribution in [0.25, 0.3) is 11.0 Å². The Balaban J connectivity index is 1.31. The monoisotopic (exact) mass is 438 g/mol. The molecule has 2 saturated carbocycles. The third kappa shape index (κ3) is 4.77. The predicted molar refractivity (Wildman–Crippen MR) is 127 cm³/mol. The Hall–Kier alpha value is -2.15. The van der Waals surface area contributed by atoms with Gasteiger partial charge in [0.25, 0.3) is 0 Å². The third-order valence-electron chi connectivity index (χ3n) is 8.04. The highest BCUT2D eigenvalue weighted by atomic mass is 16.1. The van der Waals surface area contributed by atoms with E-state index in [0.717, 1.165) is 56.4 Å². The number of aromatic nitrogens is 3. The van der Waals surface area contributed by atoms with Gasteiger partial charge >= 0.3 is 0 Å². The maximum absolute atomic E-state index is 11.2. The van der Waals surface area contributed by atoms with Gasteiger partial charge in [0.2, 0.25) is 5.91 Å². The van der Waals surface area contributed by atoms with Crippen molar-refractivity contribution >= 4 is 22.8 Å². The average molecular weight is 439 g/mol. The summed E-state index contributed by atoms with van der Waals surface area (Å²) < 4.78 is 2.33. The van der Waals surface area contributed by atoms with Crippen LogP contribution in [0.15, 0.2) is 18.6 Å². The fourth-order valence-electron chi connectivity index (χ4n) is 5.95. The van der Waals surface area contributed by atoms with Crippen LogP contribution in [-0.4, -0.2) is 57.6 Å². The number of nitrogens with zero attached hydrogens (tertiary/aromatic N) is 5. The van der Waals surface area contributed by atoms with E-state index in [0.29, 0.717) is 18.5 Å². The summed E-state index contributed by atoms with van der Waals surface area (Å²) in [6.45, 7) is 4.41. The van der Waals surface area contributed by atoms with E-state index in [1.807, 2.05) is 0 Å². The molecule has 1 amide bonds. The van der Waals surface area contributed by atoms with Crippen LogP contribution >= 0.6 is 0 Å². The van der Waals surface area contributed by atoms with E-state index < -0.39 is 0 Å². The summed E-state index contributed by atoms with van der Waals surface area (Å²) in [5, 5.41) is 1.21. The molecule has 7 nitrogen and oxygen atoms in total. The fraction of sp³-hybridized carbons (Fsp3) is 0.720. The molecule has 0 atom stereocenters. The lowest BCUT2D eigenvalue weighted by molar-refractivity contribution is -0.119. The first-order valence-corrected chi connectivity index (χ1v) is 12.7. The zero-order valence-electron chi connectivity index (χ0n) is 19.3. The standard InChI is InChI=1S/C25H38N6O/c26-23(32)17-29-12-9-20(10-13-29)15-30-14-11-22-24(30)27-18-28-25(22)31(21-7-4-8-21)16-19-5-2-1-3-6-19/h11,14,18-21H,1-10,12-13,15-17H2,(H2,26,32). The summed E-state index contributed by atoms with van der Waals surface area (Å²) in [6.07, 6.45) is 17.0. The minimum Gasteiger partial charge on any atom is -0.369 e. The molecule has 2 N–H and O–H groups in total. The van der Waals surface area contributed by atoms with Gasteiger partial charge < -0.3 is 15.2 Å². The summed E-state index contributed by atoms with van der Waals surface area (Å²) in [4.78, 5) is 25.5. The maximum atomic E-state index is 11.2. The van der Waals surface area contributed by atoms with Gasteiger partial charge in [0, 0.05) is 25.3 Å². The van der Waals surface area contributed by atoms with Crippen molar-refractivity contribution in [2.45, 2.75) is 76.8 Å². The van der Waals surface area contributed by atoms with Crippen LogP contribution < -0.4 is 10.6 Å². The highest BCUT2D eigenvalue weighted by molar-refractivity contribution is 5.88. The average Bonchev–Trinajstić information content (AvgIpc) is 3.17. The number of primary amides is 1. The molecular weight excluding hydrogens is 400 g/mol. The van der Waals surface area contributed by atoms with Crippen molar-refractivity contribution in [3.63, 3.8) is 0 Å². The van der Waals surface area contributed by atoms with Crippen molar-refractivity contribution in [1.82, 2.24) is 19.4 Å². The quantitative estimate of drug-likeness (QED) is 0.682. The molecule has 0 aromatic carbocycles. The predicted octanol–water partition coefficient (Wildman–Crippen LogP) is 3.57. The molecule has 7 heteroatoms. The number of carbonyl (C=O) groups excluding carboxylic acids is 1. The van der Waals surface area contributed by atoms with Crippen LogP contribution in [0.2, 0.25) is 0 Å². The minimum absolute atomic E-state index is 0.228. The fourth-order valence-corrected chi connectivity index (χ4v) is 5.95. The molecule has 0 spiro atoms. The molecule has 3 heterocycles. The Morgan fingerprint density at radius 3 is 2.47 bits per heavy atom. The summed E-state index contributed by atoms with van der Waals surface area (Å²) in [5.41, 5.74) is 6.43. The van der Waals surface area contributed by atoms with Gasteiger partial charge in [0.1, 0.15) is 17.8 Å². The van der Waals surface area contributed by atoms with Crippen LogP contribution in [0.1, 0.15) is 64.2 Å². The van der Waals surface area contributed by atoms with Crippen LogP contribution in [0.5, 0.6) is 0 Å². The van der Waals surface area contributed by atoms with E-state index >= 15 is 0 Å². The van der Waals surface area contributed by atoms with Gasteiger partial charge in [0.15, 0.2) is 0 Å². The SMILES string of the molecule is NC(=O)CN1CCC(Cn2ccc3c(N(CC4CCCCC4)C4CCC4)ncnc32)CC1. The molecular formula is C25H38N6O. The molecule has 174 valence electrons. The number of anilines is 1. The van der Waals surface area contributed by atoms with E-state index in [1.54, 1.807) is 6.33 Å². The van der Waals surface area contributed by atoms with Gasteiger partial charge in [-0.15, -0.1) is 0 Å². The zero-order chi connectivity index (χ0) is 21.9. The summed E-state index contributed by atoms with van der Waals surface area (Å²) in [6, 6.07) is 2.88. The van der Waals surface area contributed by atoms with Gasteiger partial charge in [-0.25, -0.2) is 9.97 Å². The van der Waals surface area contributed by atoms with Crippen molar-refractivity contribution < 1.29 is 4.79 Å². The number of hydrogen-bond donors (Lipinski definition) is 1. The Labute approximate surface area is 191 Å². The molecule has 0 radical (unpaired) electrons. The van der Waals surface area contributed by atoms with E-state index in [9.17, 15) is 4.79 Å². The Kier molecular flexibility index (Phi) is 6.62.